The minimum atomic E-state index is -5.58. The molecule has 0 bridgehead atoms. The minimum absolute atomic E-state index is 0.274. The Labute approximate surface area is 226 Å². The average Bonchev–Trinajstić information content (AvgIpc) is 3.33. The molecule has 3 unspecified atom stereocenters. The van der Waals surface area contributed by atoms with Gasteiger partial charge in [0.25, 0.3) is 2.72 Å². The molecular weight excluding hydrogens is 695 g/mol. The number of rotatable bonds is 11. The average molecular weight is 719 g/mol. The van der Waals surface area contributed by atoms with E-state index < -0.39 is 56.9 Å². The molecular formula is C15H24Br2N5O12P3. The van der Waals surface area contributed by atoms with Crippen molar-refractivity contribution in [1.29, 1.82) is 0 Å². The van der Waals surface area contributed by atoms with Crippen LogP contribution in [0.3, 0.4) is 0 Å². The van der Waals surface area contributed by atoms with Crippen LogP contribution in [0.4, 0.5) is 5.82 Å². The van der Waals surface area contributed by atoms with Gasteiger partial charge in [-0.2, -0.15) is 0 Å². The summed E-state index contributed by atoms with van der Waals surface area (Å²) >= 11 is 4.58. The van der Waals surface area contributed by atoms with Gasteiger partial charge in [0.1, 0.15) is 24.6 Å². The zero-order chi connectivity index (χ0) is 28.0. The largest absolute Gasteiger partial charge is 0.479 e. The molecule has 0 spiro atoms. The molecule has 17 nitrogen and oxygen atoms in total. The molecule has 1 fully saturated rings. The van der Waals surface area contributed by atoms with Crippen molar-refractivity contribution < 1.29 is 57.1 Å². The van der Waals surface area contributed by atoms with E-state index in [2.05, 4.69) is 55.6 Å². The Morgan fingerprint density at radius 2 is 1.70 bits per heavy atom. The van der Waals surface area contributed by atoms with Gasteiger partial charge in [-0.25, -0.2) is 23.8 Å². The van der Waals surface area contributed by atoms with E-state index in [0.717, 1.165) is 0 Å². The highest BCUT2D eigenvalue weighted by Gasteiger charge is 2.61. The van der Waals surface area contributed by atoms with Gasteiger partial charge in [-0.1, -0.05) is 0 Å². The molecule has 0 radical (unpaired) electrons. The van der Waals surface area contributed by atoms with E-state index >= 15 is 0 Å². The number of imidazole rings is 1. The molecule has 6 atom stereocenters. The van der Waals surface area contributed by atoms with Crippen LogP contribution in [0.2, 0.25) is 0 Å². The fraction of sp³-hybridized carbons (Fsp3) is 0.667. The number of nitrogens with zero attached hydrogens (tertiary/aromatic N) is 5. The van der Waals surface area contributed by atoms with Crippen LogP contribution in [0.25, 0.3) is 11.2 Å². The van der Waals surface area contributed by atoms with Crippen LogP contribution >= 0.6 is 54.9 Å². The van der Waals surface area contributed by atoms with Crippen LogP contribution in [-0.2, 0) is 27.3 Å². The molecule has 1 aliphatic heterocycles. The van der Waals surface area contributed by atoms with Crippen molar-refractivity contribution >= 4 is 71.9 Å². The molecule has 2 aromatic heterocycles. The molecule has 0 aromatic carbocycles. The van der Waals surface area contributed by atoms with E-state index in [-0.39, 0.29) is 5.65 Å². The van der Waals surface area contributed by atoms with Crippen molar-refractivity contribution in [3.8, 4) is 0 Å². The van der Waals surface area contributed by atoms with Gasteiger partial charge in [0.2, 0.25) is 0 Å². The second-order valence-corrected chi connectivity index (χ2v) is 19.2. The predicted octanol–water partition coefficient (Wildman–Crippen LogP) is 1.19. The Hall–Kier alpha value is -0.360. The maximum absolute atomic E-state index is 12.2. The Bertz CT molecular complexity index is 1270. The molecule has 0 aliphatic carbocycles. The first-order chi connectivity index (χ1) is 17.0. The van der Waals surface area contributed by atoms with Gasteiger partial charge in [-0.05, 0) is 45.7 Å². The lowest BCUT2D eigenvalue weighted by atomic mass is 10.1. The quantitative estimate of drug-likeness (QED) is 0.141. The fourth-order valence-corrected chi connectivity index (χ4v) is 8.27. The van der Waals surface area contributed by atoms with Gasteiger partial charge in [0, 0.05) is 13.1 Å². The summed E-state index contributed by atoms with van der Waals surface area (Å²) in [5.74, 6) is 0.540. The van der Waals surface area contributed by atoms with Crippen LogP contribution in [-0.4, -0.2) is 90.0 Å². The van der Waals surface area contributed by atoms with Gasteiger partial charge >= 0.3 is 23.0 Å². The summed E-state index contributed by atoms with van der Waals surface area (Å²) < 4.78 is 48.5. The van der Waals surface area contributed by atoms with E-state index in [1.807, 2.05) is 18.7 Å². The third-order valence-corrected chi connectivity index (χ3v) is 15.9. The van der Waals surface area contributed by atoms with E-state index in [0.29, 0.717) is 24.4 Å². The summed E-state index contributed by atoms with van der Waals surface area (Å²) in [5.41, 5.74) is 0.678. The molecule has 210 valence electrons. The number of anilines is 1. The molecule has 22 heteroatoms. The van der Waals surface area contributed by atoms with Crippen molar-refractivity contribution in [2.75, 3.05) is 24.6 Å². The van der Waals surface area contributed by atoms with Crippen molar-refractivity contribution in [3.05, 3.63) is 12.7 Å². The SMILES string of the molecule is CCN(CC)c1ncnc2c1ncn2[C@@H]1O[C@H](COP(=O)(O)OP(=O)(O)C(Br)(Br)P(=O)(O)O)[C@H](O)C1O. The fourth-order valence-electron chi connectivity index (χ4n) is 3.42. The third-order valence-electron chi connectivity index (χ3n) is 5.32. The Morgan fingerprint density at radius 1 is 1.08 bits per heavy atom. The van der Waals surface area contributed by atoms with Gasteiger partial charge in [-0.3, -0.25) is 18.2 Å². The molecule has 1 aliphatic rings. The van der Waals surface area contributed by atoms with Gasteiger partial charge < -0.3 is 39.4 Å². The number of ether oxygens (including phenoxy) is 1. The summed E-state index contributed by atoms with van der Waals surface area (Å²) in [6.45, 7) is 4.21. The zero-order valence-corrected chi connectivity index (χ0v) is 24.9. The normalized spacial score (nSPS) is 26.2. The minimum Gasteiger partial charge on any atom is -0.387 e. The summed E-state index contributed by atoms with van der Waals surface area (Å²) in [5, 5.41) is 21.0. The Balaban J connectivity index is 1.77. The molecule has 37 heavy (non-hydrogen) atoms. The van der Waals surface area contributed by atoms with Gasteiger partial charge in [0.05, 0.1) is 12.9 Å². The first-order valence-electron chi connectivity index (χ1n) is 10.4. The first kappa shape index (κ1) is 31.2. The summed E-state index contributed by atoms with van der Waals surface area (Å²) in [6.07, 6.45) is -3.33. The number of aliphatic hydroxyl groups excluding tert-OH is 2. The monoisotopic (exact) mass is 717 g/mol. The molecule has 3 heterocycles. The van der Waals surface area contributed by atoms with Crippen LogP contribution in [0.15, 0.2) is 12.7 Å². The molecule has 0 amide bonds. The van der Waals surface area contributed by atoms with E-state index in [1.54, 1.807) is 0 Å². The molecule has 3 rings (SSSR count). The van der Waals surface area contributed by atoms with Crippen LogP contribution < -0.4 is 4.90 Å². The predicted molar refractivity (Wildman–Crippen MR) is 134 cm³/mol. The second kappa shape index (κ2) is 11.3. The molecule has 6 N–H and O–H groups in total. The van der Waals surface area contributed by atoms with Gasteiger partial charge in [0.15, 0.2) is 23.2 Å². The maximum atomic E-state index is 12.2. The Kier molecular flexibility index (Phi) is 9.48. The van der Waals surface area contributed by atoms with E-state index in [9.17, 15) is 43.5 Å². The zero-order valence-electron chi connectivity index (χ0n) is 19.1. The lowest BCUT2D eigenvalue weighted by molar-refractivity contribution is -0.0501. The van der Waals surface area contributed by atoms with Crippen molar-refractivity contribution in [3.63, 3.8) is 0 Å². The number of phosphoric acid groups is 1. The van der Waals surface area contributed by atoms with Crippen molar-refractivity contribution in [2.45, 2.75) is 41.1 Å². The smallest absolute Gasteiger partial charge is 0.387 e. The number of halogens is 2. The lowest BCUT2D eigenvalue weighted by Crippen LogP contribution is -2.33. The highest BCUT2D eigenvalue weighted by molar-refractivity contribution is 9.29. The van der Waals surface area contributed by atoms with Crippen LogP contribution in [0.5, 0.6) is 0 Å². The topological polar surface area (TPSA) is 247 Å². The standard InChI is InChI=1S/C15H24Br2N5O12P3/c1-3-21(4-2)12-9-13(19-6-18-12)22(7-20-9)14-11(24)10(23)8(33-14)5-32-37(30,31)34-36(28,29)15(16,17)35(25,26)27/h6-8,10-11,14,23-24H,3-5H2,1-2H3,(H,28,29)(H,30,31)(H2,25,26,27)/t8-,10+,11?,14-/m1/s1. The van der Waals surface area contributed by atoms with Crippen LogP contribution in [0.1, 0.15) is 20.1 Å². The number of hydrogen-bond donors (Lipinski definition) is 6. The van der Waals surface area contributed by atoms with Crippen molar-refractivity contribution in [2.24, 2.45) is 0 Å². The van der Waals surface area contributed by atoms with Crippen LogP contribution in [0, 0.1) is 0 Å². The number of alkyl halides is 2. The first-order valence-corrected chi connectivity index (χ1v) is 16.6. The molecule has 2 aromatic rings. The maximum Gasteiger partial charge on any atom is 0.479 e. The third kappa shape index (κ3) is 6.20. The van der Waals surface area contributed by atoms with E-state index in [4.69, 9.17) is 4.74 Å². The second-order valence-electron chi connectivity index (χ2n) is 7.66. The van der Waals surface area contributed by atoms with Gasteiger partial charge in [-0.15, -0.1) is 0 Å². The molecule has 0 saturated carbocycles. The lowest BCUT2D eigenvalue weighted by Gasteiger charge is -2.27. The summed E-state index contributed by atoms with van der Waals surface area (Å²) in [7, 11) is -16.4. The summed E-state index contributed by atoms with van der Waals surface area (Å²) in [4.78, 5) is 52.8. The highest BCUT2D eigenvalue weighted by atomic mass is 79.9. The highest BCUT2D eigenvalue weighted by Crippen LogP contribution is 2.81. The number of phosphoric ester groups is 1. The number of fused-ring (bicyclic) bond motifs is 1. The summed E-state index contributed by atoms with van der Waals surface area (Å²) in [6, 6.07) is 0. The van der Waals surface area contributed by atoms with Crippen molar-refractivity contribution in [1.82, 2.24) is 19.5 Å². The Morgan fingerprint density at radius 3 is 2.27 bits per heavy atom. The number of aliphatic hydroxyl groups is 2. The molecule has 1 saturated heterocycles. The number of aromatic nitrogens is 4. The number of hydrogen-bond acceptors (Lipinski definition) is 12. The van der Waals surface area contributed by atoms with E-state index in [1.165, 1.54) is 17.2 Å².